The third-order valence-corrected chi connectivity index (χ3v) is 2.40. The summed E-state index contributed by atoms with van der Waals surface area (Å²) in [6, 6.07) is 0. The summed E-state index contributed by atoms with van der Waals surface area (Å²) in [5.41, 5.74) is -0.523. The van der Waals surface area contributed by atoms with Gasteiger partial charge >= 0.3 is 0 Å². The summed E-state index contributed by atoms with van der Waals surface area (Å²) >= 11 is 0. The molecule has 0 aromatic heterocycles. The molecule has 1 atom stereocenters. The highest BCUT2D eigenvalue weighted by Gasteiger charge is 2.36. The van der Waals surface area contributed by atoms with E-state index >= 15 is 0 Å². The Kier molecular flexibility index (Phi) is 1.87. The molecule has 1 aliphatic heterocycles. The monoisotopic (exact) mass is 180 g/mol. The van der Waals surface area contributed by atoms with Gasteiger partial charge in [0.1, 0.15) is 19.5 Å². The van der Waals surface area contributed by atoms with E-state index in [1.165, 1.54) is 0 Å². The number of carbonyl (C=O) groups excluding carboxylic acids is 1. The summed E-state index contributed by atoms with van der Waals surface area (Å²) in [5.74, 6) is 1.41. The molecule has 1 aliphatic carbocycles. The number of carbonyl (C=O) groups is 1. The third kappa shape index (κ3) is 1.24. The highest BCUT2D eigenvalue weighted by Crippen LogP contribution is 2.37. The van der Waals surface area contributed by atoms with Gasteiger partial charge in [-0.2, -0.15) is 0 Å². The van der Waals surface area contributed by atoms with Gasteiger partial charge in [0.25, 0.3) is 0 Å². The van der Waals surface area contributed by atoms with Gasteiger partial charge in [-0.1, -0.05) is 6.08 Å². The number of hydrogen-bond acceptors (Lipinski definition) is 3. The lowest BCUT2D eigenvalue weighted by atomic mass is 9.82. The molecular weight excluding hydrogens is 168 g/mol. The highest BCUT2D eigenvalue weighted by atomic mass is 16.6. The van der Waals surface area contributed by atoms with Crippen LogP contribution in [0.25, 0.3) is 0 Å². The van der Waals surface area contributed by atoms with Gasteiger partial charge in [-0.15, -0.1) is 0 Å². The van der Waals surface area contributed by atoms with Crippen LogP contribution in [0.1, 0.15) is 13.3 Å². The SMILES string of the molecule is CC1(C=O)CC=CC2=C1OCCO2. The Labute approximate surface area is 77.0 Å². The molecule has 13 heavy (non-hydrogen) atoms. The molecule has 1 heterocycles. The smallest absolute Gasteiger partial charge is 0.157 e. The van der Waals surface area contributed by atoms with Crippen molar-refractivity contribution >= 4 is 6.29 Å². The van der Waals surface area contributed by atoms with E-state index in [9.17, 15) is 4.79 Å². The summed E-state index contributed by atoms with van der Waals surface area (Å²) in [6.45, 7) is 2.97. The molecule has 0 saturated heterocycles. The van der Waals surface area contributed by atoms with Gasteiger partial charge in [0, 0.05) is 0 Å². The zero-order valence-electron chi connectivity index (χ0n) is 7.58. The fraction of sp³-hybridized carbons (Fsp3) is 0.500. The molecule has 2 aliphatic rings. The Morgan fingerprint density at radius 3 is 3.00 bits per heavy atom. The Hall–Kier alpha value is -1.25. The van der Waals surface area contributed by atoms with Crippen LogP contribution in [-0.4, -0.2) is 19.5 Å². The average molecular weight is 180 g/mol. The van der Waals surface area contributed by atoms with Gasteiger partial charge < -0.3 is 14.3 Å². The van der Waals surface area contributed by atoms with Crippen LogP contribution in [0.15, 0.2) is 23.7 Å². The minimum Gasteiger partial charge on any atom is -0.489 e. The van der Waals surface area contributed by atoms with E-state index < -0.39 is 5.41 Å². The molecule has 3 nitrogen and oxygen atoms in total. The fourth-order valence-electron chi connectivity index (χ4n) is 1.61. The maximum absolute atomic E-state index is 10.9. The van der Waals surface area contributed by atoms with Crippen molar-refractivity contribution in [1.29, 1.82) is 0 Å². The molecule has 3 heteroatoms. The van der Waals surface area contributed by atoms with Gasteiger partial charge in [0.05, 0.1) is 5.41 Å². The Bertz CT molecular complexity index is 291. The third-order valence-electron chi connectivity index (χ3n) is 2.40. The molecule has 0 aromatic carbocycles. The minimum atomic E-state index is -0.523. The van der Waals surface area contributed by atoms with E-state index in [-0.39, 0.29) is 0 Å². The topological polar surface area (TPSA) is 35.5 Å². The average Bonchev–Trinajstić information content (AvgIpc) is 2.19. The molecule has 0 saturated carbocycles. The first-order valence-electron chi connectivity index (χ1n) is 4.39. The van der Waals surface area contributed by atoms with Crippen molar-refractivity contribution in [1.82, 2.24) is 0 Å². The predicted molar refractivity (Wildman–Crippen MR) is 46.9 cm³/mol. The van der Waals surface area contributed by atoms with E-state index in [1.54, 1.807) is 0 Å². The lowest BCUT2D eigenvalue weighted by Crippen LogP contribution is -2.30. The fourth-order valence-corrected chi connectivity index (χ4v) is 1.61. The maximum atomic E-state index is 10.9. The minimum absolute atomic E-state index is 0.523. The molecule has 0 aromatic rings. The van der Waals surface area contributed by atoms with Crippen LogP contribution in [0.4, 0.5) is 0 Å². The molecule has 70 valence electrons. The Morgan fingerprint density at radius 1 is 1.46 bits per heavy atom. The van der Waals surface area contributed by atoms with Crippen LogP contribution in [0.5, 0.6) is 0 Å². The van der Waals surface area contributed by atoms with Crippen LogP contribution in [0, 0.1) is 5.41 Å². The highest BCUT2D eigenvalue weighted by molar-refractivity contribution is 5.65. The molecule has 0 amide bonds. The van der Waals surface area contributed by atoms with Crippen LogP contribution in [0.2, 0.25) is 0 Å². The standard InChI is InChI=1S/C10H12O3/c1-10(7-11)4-2-3-8-9(10)13-6-5-12-8/h2-3,7H,4-6H2,1H3. The molecule has 0 radical (unpaired) electrons. The van der Waals surface area contributed by atoms with Crippen LogP contribution < -0.4 is 0 Å². The van der Waals surface area contributed by atoms with Crippen LogP contribution >= 0.6 is 0 Å². The summed E-state index contributed by atoms with van der Waals surface area (Å²) in [6.07, 6.45) is 5.45. The number of aldehydes is 1. The van der Waals surface area contributed by atoms with E-state index in [0.29, 0.717) is 31.2 Å². The van der Waals surface area contributed by atoms with Crippen molar-refractivity contribution in [2.75, 3.05) is 13.2 Å². The van der Waals surface area contributed by atoms with Gasteiger partial charge in [-0.25, -0.2) is 0 Å². The lowest BCUT2D eigenvalue weighted by Gasteiger charge is -2.32. The number of rotatable bonds is 1. The first kappa shape index (κ1) is 8.35. The van der Waals surface area contributed by atoms with Crippen molar-refractivity contribution in [2.45, 2.75) is 13.3 Å². The Morgan fingerprint density at radius 2 is 2.23 bits per heavy atom. The summed E-state index contributed by atoms with van der Waals surface area (Å²) in [4.78, 5) is 10.9. The van der Waals surface area contributed by atoms with Crippen LogP contribution in [0.3, 0.4) is 0 Å². The molecule has 0 N–H and O–H groups in total. The first-order chi connectivity index (χ1) is 6.26. The van der Waals surface area contributed by atoms with Crippen molar-refractivity contribution in [3.8, 4) is 0 Å². The molecule has 0 bridgehead atoms. The zero-order valence-corrected chi connectivity index (χ0v) is 7.58. The second-order valence-corrected chi connectivity index (χ2v) is 3.53. The summed E-state index contributed by atoms with van der Waals surface area (Å²) in [7, 11) is 0. The summed E-state index contributed by atoms with van der Waals surface area (Å²) in [5, 5.41) is 0. The second-order valence-electron chi connectivity index (χ2n) is 3.53. The number of hydrogen-bond donors (Lipinski definition) is 0. The van der Waals surface area contributed by atoms with Gasteiger partial charge in [-0.3, -0.25) is 0 Å². The van der Waals surface area contributed by atoms with Gasteiger partial charge in [-0.05, 0) is 19.4 Å². The van der Waals surface area contributed by atoms with Gasteiger partial charge in [0.2, 0.25) is 0 Å². The number of ether oxygens (including phenoxy) is 2. The van der Waals surface area contributed by atoms with E-state index in [0.717, 1.165) is 6.29 Å². The molecule has 1 unspecified atom stereocenters. The van der Waals surface area contributed by atoms with Crippen molar-refractivity contribution in [2.24, 2.45) is 5.41 Å². The van der Waals surface area contributed by atoms with Crippen molar-refractivity contribution < 1.29 is 14.3 Å². The predicted octanol–water partition coefficient (Wildman–Crippen LogP) is 1.41. The summed E-state index contributed by atoms with van der Waals surface area (Å²) < 4.78 is 10.8. The zero-order chi connectivity index (χ0) is 9.31. The molecule has 0 spiro atoms. The molecular formula is C10H12O3. The van der Waals surface area contributed by atoms with Crippen molar-refractivity contribution in [3.05, 3.63) is 23.7 Å². The largest absolute Gasteiger partial charge is 0.489 e. The normalized spacial score (nSPS) is 31.8. The maximum Gasteiger partial charge on any atom is 0.157 e. The first-order valence-corrected chi connectivity index (χ1v) is 4.39. The van der Waals surface area contributed by atoms with E-state index in [4.69, 9.17) is 9.47 Å². The molecule has 0 fully saturated rings. The van der Waals surface area contributed by atoms with Crippen molar-refractivity contribution in [3.63, 3.8) is 0 Å². The van der Waals surface area contributed by atoms with Crippen LogP contribution in [-0.2, 0) is 14.3 Å². The van der Waals surface area contributed by atoms with Gasteiger partial charge in [0.15, 0.2) is 11.5 Å². The van der Waals surface area contributed by atoms with E-state index in [1.807, 2.05) is 19.1 Å². The quantitative estimate of drug-likeness (QED) is 0.572. The number of allylic oxidation sites excluding steroid dienone is 3. The Balaban J connectivity index is 2.40. The lowest BCUT2D eigenvalue weighted by molar-refractivity contribution is -0.116. The van der Waals surface area contributed by atoms with E-state index in [2.05, 4.69) is 0 Å². The molecule has 2 rings (SSSR count). The second kappa shape index (κ2) is 2.91.